The van der Waals surface area contributed by atoms with Crippen molar-refractivity contribution in [1.82, 2.24) is 47.2 Å². The van der Waals surface area contributed by atoms with Crippen LogP contribution < -0.4 is 48.7 Å². The summed E-state index contributed by atoms with van der Waals surface area (Å²) in [5.74, 6) is -10.4. The first kappa shape index (κ1) is 53.3. The van der Waals surface area contributed by atoms with Gasteiger partial charge in [0.25, 0.3) is 0 Å². The van der Waals surface area contributed by atoms with Crippen LogP contribution in [0.1, 0.15) is 72.4 Å². The lowest BCUT2D eigenvalue weighted by atomic mass is 10.0. The van der Waals surface area contributed by atoms with Gasteiger partial charge in [0, 0.05) is 24.7 Å². The van der Waals surface area contributed by atoms with Crippen LogP contribution in [0, 0.1) is 5.92 Å². The number of carbonyl (C=O) groups is 9. The molecular formula is C36H61N11O14. The Morgan fingerprint density at radius 1 is 0.656 bits per heavy atom. The maximum atomic E-state index is 13.6. The van der Waals surface area contributed by atoms with E-state index < -0.39 is 139 Å². The third kappa shape index (κ3) is 18.6. The summed E-state index contributed by atoms with van der Waals surface area (Å²) < 4.78 is 0. The van der Waals surface area contributed by atoms with Crippen LogP contribution in [-0.4, -0.2) is 162 Å². The number of nitrogens with two attached hydrogens (primary N) is 2. The molecule has 0 aliphatic heterocycles. The van der Waals surface area contributed by atoms with Crippen molar-refractivity contribution in [1.29, 1.82) is 0 Å². The molecule has 25 heteroatoms. The third-order valence-electron chi connectivity index (χ3n) is 9.11. The summed E-state index contributed by atoms with van der Waals surface area (Å²) in [6, 6.07) is -12.0. The predicted molar refractivity (Wildman–Crippen MR) is 212 cm³/mol. The number of aromatic nitrogens is 2. The van der Waals surface area contributed by atoms with Crippen molar-refractivity contribution >= 4 is 53.3 Å². The van der Waals surface area contributed by atoms with E-state index in [2.05, 4.69) is 41.9 Å². The van der Waals surface area contributed by atoms with Crippen LogP contribution in [0.25, 0.3) is 0 Å². The second kappa shape index (κ2) is 26.5. The number of hydrogen-bond donors (Lipinski definition) is 15. The molecule has 0 saturated heterocycles. The lowest BCUT2D eigenvalue weighted by Gasteiger charge is -2.28. The highest BCUT2D eigenvalue weighted by Gasteiger charge is 2.36. The molecule has 0 unspecified atom stereocenters. The van der Waals surface area contributed by atoms with Gasteiger partial charge in [-0.2, -0.15) is 0 Å². The van der Waals surface area contributed by atoms with E-state index in [-0.39, 0.29) is 25.8 Å². The number of amides is 7. The number of carbonyl (C=O) groups excluding carboxylic acids is 7. The van der Waals surface area contributed by atoms with Crippen LogP contribution in [0.4, 0.5) is 0 Å². The highest BCUT2D eigenvalue weighted by molar-refractivity contribution is 5.97. The third-order valence-corrected chi connectivity index (χ3v) is 9.11. The molecule has 0 spiro atoms. The zero-order valence-corrected chi connectivity index (χ0v) is 34.7. The van der Waals surface area contributed by atoms with E-state index in [1.165, 1.54) is 26.4 Å². The molecule has 1 aromatic rings. The summed E-state index contributed by atoms with van der Waals surface area (Å²) in [6.45, 7) is 5.95. The summed E-state index contributed by atoms with van der Waals surface area (Å²) in [5.41, 5.74) is 12.1. The van der Waals surface area contributed by atoms with Gasteiger partial charge in [0.1, 0.15) is 42.3 Å². The molecule has 344 valence electrons. The SMILES string of the molecule is CC(C)[C@H](NC(=O)[C@@H](NC(=O)[C@@H](N)Cc1cnc[nH]1)[C@@H](C)O)C(=O)N[C@@H](C)C(=O)N[C@@H](CCCCN)C(=O)N[C@@H](CCC(=O)O)C(=O)N[C@H](C(=O)N[C@@H](CO)C(=O)O)[C@@H](C)O. The normalized spacial score (nSPS) is 16.1. The van der Waals surface area contributed by atoms with Gasteiger partial charge in [-0.25, -0.2) is 9.78 Å². The molecule has 0 aliphatic rings. The number of imidazole rings is 1. The molecule has 17 N–H and O–H groups in total. The number of rotatable bonds is 28. The van der Waals surface area contributed by atoms with Crippen LogP contribution in [-0.2, 0) is 49.6 Å². The number of nitrogens with zero attached hydrogens (tertiary/aromatic N) is 1. The standard InChI is InChI=1S/C36H61N11O14/c1-16(2)26(45-35(59)28(19(5)50)46-30(54)21(38)12-20-13-39-15-40-20)33(57)41-17(3)29(53)42-22(8-6-7-11-37)31(55)43-23(9-10-25(51)52)32(56)47-27(18(4)49)34(58)44-24(14-48)36(60)61/h13,15-19,21-24,26-28,48-50H,6-12,14,37-38H2,1-5H3,(H,39,40)(H,41,57)(H,42,53)(H,43,55)(H,44,58)(H,45,59)(H,46,54)(H,47,56)(H,51,52)(H,60,61)/t17-,18+,19+,21-,22-,23-,24-,26-,27-,28-/m0/s1. The Morgan fingerprint density at radius 2 is 1.15 bits per heavy atom. The number of aliphatic hydroxyl groups is 3. The Morgan fingerprint density at radius 3 is 1.64 bits per heavy atom. The van der Waals surface area contributed by atoms with E-state index in [4.69, 9.17) is 16.6 Å². The molecule has 7 amide bonds. The van der Waals surface area contributed by atoms with Gasteiger partial charge in [0.2, 0.25) is 41.4 Å². The van der Waals surface area contributed by atoms with Crippen LogP contribution in [0.3, 0.4) is 0 Å². The average molecular weight is 872 g/mol. The van der Waals surface area contributed by atoms with Crippen molar-refractivity contribution in [2.45, 2.75) is 134 Å². The number of aliphatic carboxylic acids is 2. The number of aromatic amines is 1. The van der Waals surface area contributed by atoms with Crippen LogP contribution in [0.15, 0.2) is 12.5 Å². The second-order valence-electron chi connectivity index (χ2n) is 14.7. The second-order valence-corrected chi connectivity index (χ2v) is 14.7. The summed E-state index contributed by atoms with van der Waals surface area (Å²) in [6.07, 6.45) is -0.755. The molecule has 0 fully saturated rings. The maximum absolute atomic E-state index is 13.6. The topological polar surface area (TPSA) is 420 Å². The van der Waals surface area contributed by atoms with Gasteiger partial charge in [-0.1, -0.05) is 13.8 Å². The number of carboxylic acid groups (broad SMARTS) is 2. The number of nitrogens with one attached hydrogen (secondary N) is 8. The molecule has 1 aromatic heterocycles. The van der Waals surface area contributed by atoms with Crippen molar-refractivity contribution in [3.63, 3.8) is 0 Å². The molecule has 1 heterocycles. The molecule has 0 radical (unpaired) electrons. The maximum Gasteiger partial charge on any atom is 0.328 e. The van der Waals surface area contributed by atoms with Crippen molar-refractivity contribution < 1.29 is 68.7 Å². The largest absolute Gasteiger partial charge is 0.481 e. The lowest BCUT2D eigenvalue weighted by molar-refractivity contribution is -0.144. The first-order chi connectivity index (χ1) is 28.5. The Kier molecular flexibility index (Phi) is 23.1. The Balaban J connectivity index is 3.16. The summed E-state index contributed by atoms with van der Waals surface area (Å²) >= 11 is 0. The van der Waals surface area contributed by atoms with E-state index in [1.54, 1.807) is 13.8 Å². The summed E-state index contributed by atoms with van der Waals surface area (Å²) in [4.78, 5) is 122. The minimum absolute atomic E-state index is 0.0439. The van der Waals surface area contributed by atoms with Crippen molar-refractivity contribution in [2.24, 2.45) is 17.4 Å². The molecule has 10 atom stereocenters. The minimum Gasteiger partial charge on any atom is -0.481 e. The van der Waals surface area contributed by atoms with Gasteiger partial charge in [0.15, 0.2) is 0 Å². The molecule has 61 heavy (non-hydrogen) atoms. The molecule has 0 aliphatic carbocycles. The van der Waals surface area contributed by atoms with Gasteiger partial charge >= 0.3 is 11.9 Å². The van der Waals surface area contributed by atoms with E-state index >= 15 is 0 Å². The van der Waals surface area contributed by atoms with Gasteiger partial charge in [-0.15, -0.1) is 0 Å². The fourth-order valence-electron chi connectivity index (χ4n) is 5.51. The Labute approximate surface area is 351 Å². The Hall–Kier alpha value is -5.76. The van der Waals surface area contributed by atoms with Crippen LogP contribution in [0.2, 0.25) is 0 Å². The fraction of sp³-hybridized carbons (Fsp3) is 0.667. The smallest absolute Gasteiger partial charge is 0.328 e. The summed E-state index contributed by atoms with van der Waals surface area (Å²) in [7, 11) is 0. The number of H-pyrrole nitrogens is 1. The Bertz CT molecular complexity index is 1640. The molecule has 25 nitrogen and oxygen atoms in total. The lowest BCUT2D eigenvalue weighted by Crippen LogP contribution is -2.62. The first-order valence-corrected chi connectivity index (χ1v) is 19.5. The highest BCUT2D eigenvalue weighted by Crippen LogP contribution is 2.09. The van der Waals surface area contributed by atoms with Crippen LogP contribution >= 0.6 is 0 Å². The fourth-order valence-corrected chi connectivity index (χ4v) is 5.51. The van der Waals surface area contributed by atoms with Gasteiger partial charge in [0.05, 0.1) is 31.2 Å². The van der Waals surface area contributed by atoms with Crippen LogP contribution in [0.5, 0.6) is 0 Å². The number of hydrogen-bond acceptors (Lipinski definition) is 15. The zero-order valence-electron chi connectivity index (χ0n) is 34.7. The van der Waals surface area contributed by atoms with Gasteiger partial charge < -0.3 is 79.2 Å². The van der Waals surface area contributed by atoms with Crippen molar-refractivity contribution in [3.05, 3.63) is 18.2 Å². The van der Waals surface area contributed by atoms with E-state index in [1.807, 2.05) is 5.32 Å². The van der Waals surface area contributed by atoms with Crippen molar-refractivity contribution in [3.8, 4) is 0 Å². The summed E-state index contributed by atoms with van der Waals surface area (Å²) in [5, 5.41) is 64.4. The zero-order chi connectivity index (χ0) is 46.6. The average Bonchev–Trinajstić information content (AvgIpc) is 3.69. The first-order valence-electron chi connectivity index (χ1n) is 19.5. The molecule has 0 saturated carbocycles. The number of aliphatic hydroxyl groups excluding tert-OH is 3. The van der Waals surface area contributed by atoms with E-state index in [0.717, 1.165) is 6.92 Å². The highest BCUT2D eigenvalue weighted by atomic mass is 16.4. The molecule has 0 bridgehead atoms. The van der Waals surface area contributed by atoms with Crippen molar-refractivity contribution in [2.75, 3.05) is 13.2 Å². The van der Waals surface area contributed by atoms with Gasteiger partial charge in [-0.3, -0.25) is 38.4 Å². The number of carboxylic acids is 2. The molecule has 1 rings (SSSR count). The van der Waals surface area contributed by atoms with E-state index in [9.17, 15) is 63.6 Å². The van der Waals surface area contributed by atoms with Gasteiger partial charge in [-0.05, 0) is 58.9 Å². The monoisotopic (exact) mass is 871 g/mol. The molecular weight excluding hydrogens is 810 g/mol. The minimum atomic E-state index is -1.82. The molecule has 0 aromatic carbocycles. The predicted octanol–water partition coefficient (Wildman–Crippen LogP) is -5.82. The quantitative estimate of drug-likeness (QED) is 0.0349. The van der Waals surface area contributed by atoms with E-state index in [0.29, 0.717) is 12.1 Å². The number of unbranched alkanes of at least 4 members (excludes halogenated alkanes) is 1.